The van der Waals surface area contributed by atoms with E-state index >= 15 is 0 Å². The van der Waals surface area contributed by atoms with Crippen molar-refractivity contribution >= 4 is 0 Å². The molecule has 3 unspecified atom stereocenters. The molecule has 0 radical (unpaired) electrons. The van der Waals surface area contributed by atoms with Gasteiger partial charge in [-0.15, -0.1) is 0 Å². The molecule has 2 rings (SSSR count). The number of hydrogen-bond acceptors (Lipinski definition) is 2. The van der Waals surface area contributed by atoms with Gasteiger partial charge >= 0.3 is 0 Å². The zero-order valence-electron chi connectivity index (χ0n) is 12.3. The van der Waals surface area contributed by atoms with Crippen molar-refractivity contribution in [1.29, 1.82) is 0 Å². The van der Waals surface area contributed by atoms with E-state index in [1.54, 1.807) is 0 Å². The van der Waals surface area contributed by atoms with E-state index in [0.29, 0.717) is 6.04 Å². The third-order valence-electron chi connectivity index (χ3n) is 4.55. The van der Waals surface area contributed by atoms with E-state index in [0.717, 1.165) is 17.8 Å². The second-order valence-corrected chi connectivity index (χ2v) is 5.95. The molecule has 1 saturated carbocycles. The van der Waals surface area contributed by atoms with Crippen molar-refractivity contribution in [3.63, 3.8) is 0 Å². The highest BCUT2D eigenvalue weighted by Gasteiger charge is 2.45. The van der Waals surface area contributed by atoms with Crippen molar-refractivity contribution in [3.05, 3.63) is 35.9 Å². The van der Waals surface area contributed by atoms with Gasteiger partial charge in [0.2, 0.25) is 0 Å². The zero-order valence-corrected chi connectivity index (χ0v) is 12.3. The zero-order chi connectivity index (χ0) is 13.7. The minimum Gasteiger partial charge on any atom is -0.271 e. The monoisotopic (exact) mass is 260 g/mol. The summed E-state index contributed by atoms with van der Waals surface area (Å²) in [5.41, 5.74) is 4.62. The molecule has 0 aliphatic heterocycles. The maximum absolute atomic E-state index is 5.87. The van der Waals surface area contributed by atoms with Crippen LogP contribution in [0.15, 0.2) is 30.3 Å². The summed E-state index contributed by atoms with van der Waals surface area (Å²) < 4.78 is 0. The Hall–Kier alpha value is -0.860. The predicted octanol–water partition coefficient (Wildman–Crippen LogP) is 3.84. The summed E-state index contributed by atoms with van der Waals surface area (Å²) in [6.07, 6.45) is 6.39. The molecule has 2 nitrogen and oxygen atoms in total. The van der Waals surface area contributed by atoms with Crippen molar-refractivity contribution in [3.8, 4) is 0 Å². The van der Waals surface area contributed by atoms with Crippen LogP contribution in [0.1, 0.15) is 57.4 Å². The number of nitrogens with two attached hydrogens (primary N) is 1. The van der Waals surface area contributed by atoms with Crippen molar-refractivity contribution < 1.29 is 0 Å². The van der Waals surface area contributed by atoms with Crippen LogP contribution >= 0.6 is 0 Å². The van der Waals surface area contributed by atoms with Crippen LogP contribution in [0.4, 0.5) is 0 Å². The third-order valence-corrected chi connectivity index (χ3v) is 4.55. The summed E-state index contributed by atoms with van der Waals surface area (Å²) in [6.45, 7) is 4.55. The summed E-state index contributed by atoms with van der Waals surface area (Å²) in [5, 5.41) is 0. The molecular formula is C17H28N2. The lowest BCUT2D eigenvalue weighted by Gasteiger charge is -2.26. The van der Waals surface area contributed by atoms with Gasteiger partial charge in [0.25, 0.3) is 0 Å². The van der Waals surface area contributed by atoms with Gasteiger partial charge in [-0.05, 0) is 42.6 Å². The summed E-state index contributed by atoms with van der Waals surface area (Å²) in [7, 11) is 0. The van der Waals surface area contributed by atoms with Gasteiger partial charge in [-0.3, -0.25) is 11.3 Å². The highest BCUT2D eigenvalue weighted by Crippen LogP contribution is 2.51. The largest absolute Gasteiger partial charge is 0.271 e. The van der Waals surface area contributed by atoms with E-state index < -0.39 is 0 Å². The molecule has 1 aliphatic carbocycles. The smallest absolute Gasteiger partial charge is 0.0273 e. The second kappa shape index (κ2) is 7.06. The second-order valence-electron chi connectivity index (χ2n) is 5.95. The van der Waals surface area contributed by atoms with E-state index in [2.05, 4.69) is 49.6 Å². The first-order valence-electron chi connectivity index (χ1n) is 7.82. The molecular weight excluding hydrogens is 232 g/mol. The van der Waals surface area contributed by atoms with Gasteiger partial charge in [-0.1, -0.05) is 57.0 Å². The number of benzene rings is 1. The normalized spacial score (nSPS) is 23.6. The van der Waals surface area contributed by atoms with Crippen LogP contribution in [0.3, 0.4) is 0 Å². The number of rotatable bonds is 8. The number of hydrogen-bond donors (Lipinski definition) is 2. The fraction of sp³-hybridized carbons (Fsp3) is 0.647. The lowest BCUT2D eigenvalue weighted by molar-refractivity contribution is 0.283. The molecule has 0 aromatic heterocycles. The summed E-state index contributed by atoms with van der Waals surface area (Å²) in [5.74, 6) is 8.05. The first kappa shape index (κ1) is 14.5. The molecule has 0 heterocycles. The SMILES string of the molecule is CCCC(CCC)C(NN)C1CC1c1ccccc1. The summed E-state index contributed by atoms with van der Waals surface area (Å²) in [6, 6.07) is 11.4. The molecule has 0 bridgehead atoms. The lowest BCUT2D eigenvalue weighted by atomic mass is 9.87. The quantitative estimate of drug-likeness (QED) is 0.550. The van der Waals surface area contributed by atoms with E-state index in [-0.39, 0.29) is 0 Å². The van der Waals surface area contributed by atoms with E-state index in [1.807, 2.05) is 0 Å². The minimum absolute atomic E-state index is 0.491. The molecule has 1 aromatic rings. The van der Waals surface area contributed by atoms with Crippen LogP contribution in [0.2, 0.25) is 0 Å². The maximum atomic E-state index is 5.87. The first-order chi connectivity index (χ1) is 9.31. The molecule has 0 spiro atoms. The molecule has 0 amide bonds. The highest BCUT2D eigenvalue weighted by atomic mass is 15.2. The maximum Gasteiger partial charge on any atom is 0.0273 e. The summed E-state index contributed by atoms with van der Waals surface area (Å²) in [4.78, 5) is 0. The molecule has 1 aromatic carbocycles. The fourth-order valence-corrected chi connectivity index (χ4v) is 3.55. The molecule has 3 N–H and O–H groups in total. The molecule has 106 valence electrons. The molecule has 1 fully saturated rings. The topological polar surface area (TPSA) is 38.0 Å². The van der Waals surface area contributed by atoms with E-state index in [9.17, 15) is 0 Å². The number of nitrogens with one attached hydrogen (secondary N) is 1. The fourth-order valence-electron chi connectivity index (χ4n) is 3.55. The van der Waals surface area contributed by atoms with Crippen LogP contribution in [0.5, 0.6) is 0 Å². The Morgan fingerprint density at radius 3 is 2.32 bits per heavy atom. The van der Waals surface area contributed by atoms with Gasteiger partial charge in [0.05, 0.1) is 0 Å². The van der Waals surface area contributed by atoms with Crippen LogP contribution in [-0.4, -0.2) is 6.04 Å². The van der Waals surface area contributed by atoms with Gasteiger partial charge in [0.1, 0.15) is 0 Å². The minimum atomic E-state index is 0.491. The van der Waals surface area contributed by atoms with Gasteiger partial charge in [0.15, 0.2) is 0 Å². The Balaban J connectivity index is 1.99. The molecule has 2 heteroatoms. The van der Waals surface area contributed by atoms with Crippen molar-refractivity contribution in [2.45, 2.75) is 57.9 Å². The van der Waals surface area contributed by atoms with Crippen LogP contribution in [0, 0.1) is 11.8 Å². The van der Waals surface area contributed by atoms with Crippen molar-refractivity contribution in [2.75, 3.05) is 0 Å². The first-order valence-corrected chi connectivity index (χ1v) is 7.82. The molecule has 1 aliphatic rings. The predicted molar refractivity (Wildman–Crippen MR) is 81.7 cm³/mol. The Labute approximate surface area is 117 Å². The third kappa shape index (κ3) is 3.58. The number of hydrazine groups is 1. The van der Waals surface area contributed by atoms with Crippen molar-refractivity contribution in [1.82, 2.24) is 5.43 Å². The van der Waals surface area contributed by atoms with Gasteiger partial charge in [0, 0.05) is 6.04 Å². The summed E-state index contributed by atoms with van der Waals surface area (Å²) >= 11 is 0. The van der Waals surface area contributed by atoms with Gasteiger partial charge in [-0.25, -0.2) is 0 Å². The van der Waals surface area contributed by atoms with E-state index in [4.69, 9.17) is 5.84 Å². The molecule has 0 saturated heterocycles. The van der Waals surface area contributed by atoms with Gasteiger partial charge < -0.3 is 0 Å². The highest BCUT2D eigenvalue weighted by molar-refractivity contribution is 5.26. The van der Waals surface area contributed by atoms with Crippen LogP contribution in [0.25, 0.3) is 0 Å². The Morgan fingerprint density at radius 1 is 1.16 bits per heavy atom. The van der Waals surface area contributed by atoms with Crippen LogP contribution < -0.4 is 11.3 Å². The van der Waals surface area contributed by atoms with E-state index in [1.165, 1.54) is 37.7 Å². The average Bonchev–Trinajstić information content (AvgIpc) is 3.21. The average molecular weight is 260 g/mol. The van der Waals surface area contributed by atoms with Gasteiger partial charge in [-0.2, -0.15) is 0 Å². The van der Waals surface area contributed by atoms with Crippen molar-refractivity contribution in [2.24, 2.45) is 17.7 Å². The lowest BCUT2D eigenvalue weighted by Crippen LogP contribution is -2.43. The molecule has 19 heavy (non-hydrogen) atoms. The standard InChI is InChI=1S/C17H28N2/c1-3-8-14(9-4-2)17(19-18)16-12-15(16)13-10-6-5-7-11-13/h5-7,10-11,14-17,19H,3-4,8-9,12,18H2,1-2H3. The Kier molecular flexibility index (Phi) is 5.41. The Morgan fingerprint density at radius 2 is 1.79 bits per heavy atom. The molecule has 3 atom stereocenters. The van der Waals surface area contributed by atoms with Crippen LogP contribution in [-0.2, 0) is 0 Å². The Bertz CT molecular complexity index is 357.